The van der Waals surface area contributed by atoms with E-state index in [-0.39, 0.29) is 0 Å². The molecule has 1 saturated carbocycles. The number of hydrogen-bond acceptors (Lipinski definition) is 6. The van der Waals surface area contributed by atoms with Gasteiger partial charge in [0.2, 0.25) is 5.88 Å². The van der Waals surface area contributed by atoms with Crippen LogP contribution in [0.4, 0.5) is 10.8 Å². The van der Waals surface area contributed by atoms with Crippen LogP contribution in [-0.2, 0) is 0 Å². The van der Waals surface area contributed by atoms with E-state index in [1.165, 1.54) is 0 Å². The molecule has 1 aliphatic rings. The molecule has 0 amide bonds. The summed E-state index contributed by atoms with van der Waals surface area (Å²) in [6.07, 6.45) is 5.26. The summed E-state index contributed by atoms with van der Waals surface area (Å²) in [5.74, 6) is 1.77. The number of fused-ring (bicyclic) bond motifs is 1. The molecule has 0 saturated heterocycles. The van der Waals surface area contributed by atoms with Gasteiger partial charge in [0, 0.05) is 17.4 Å². The van der Waals surface area contributed by atoms with Gasteiger partial charge in [-0.3, -0.25) is 0 Å². The van der Waals surface area contributed by atoms with E-state index in [9.17, 15) is 5.11 Å². The second-order valence-electron chi connectivity index (χ2n) is 8.41. The van der Waals surface area contributed by atoms with Crippen LogP contribution in [0.15, 0.2) is 66.9 Å². The van der Waals surface area contributed by atoms with E-state index >= 15 is 0 Å². The first kappa shape index (κ1) is 20.0. The molecule has 0 bridgehead atoms. The number of anilines is 2. The number of nitrogens with one attached hydrogen (secondary N) is 1. The third-order valence-electron chi connectivity index (χ3n) is 5.92. The number of ether oxygens (including phenoxy) is 1. The molecule has 2 aromatic heterocycles. The first-order valence-electron chi connectivity index (χ1n) is 10.6. The Labute approximate surface area is 185 Å². The summed E-state index contributed by atoms with van der Waals surface area (Å²) in [6.45, 7) is 1.92. The molecule has 2 N–H and O–H groups in total. The third-order valence-corrected chi connectivity index (χ3v) is 6.87. The van der Waals surface area contributed by atoms with Gasteiger partial charge in [0.1, 0.15) is 5.75 Å². The Hall–Kier alpha value is -2.96. The first-order valence-corrected chi connectivity index (χ1v) is 11.5. The summed E-state index contributed by atoms with van der Waals surface area (Å²) < 4.78 is 7.32. The first-order chi connectivity index (χ1) is 15.1. The second-order valence-corrected chi connectivity index (χ2v) is 9.44. The Morgan fingerprint density at radius 1 is 1.03 bits per heavy atom. The van der Waals surface area contributed by atoms with Crippen molar-refractivity contribution >= 4 is 32.4 Å². The van der Waals surface area contributed by atoms with Gasteiger partial charge in [0.25, 0.3) is 0 Å². The van der Waals surface area contributed by atoms with Crippen LogP contribution in [0.3, 0.4) is 0 Å². The maximum atomic E-state index is 10.3. The summed E-state index contributed by atoms with van der Waals surface area (Å²) in [6, 6.07) is 20.0. The average Bonchev–Trinajstić information content (AvgIpc) is 3.18. The van der Waals surface area contributed by atoms with E-state index in [1.807, 2.05) is 55.5 Å². The zero-order chi connectivity index (χ0) is 21.3. The molecule has 0 aliphatic heterocycles. The molecule has 158 valence electrons. The van der Waals surface area contributed by atoms with Crippen LogP contribution in [-0.4, -0.2) is 20.7 Å². The number of rotatable bonds is 5. The van der Waals surface area contributed by atoms with Crippen molar-refractivity contribution in [3.8, 4) is 11.6 Å². The highest BCUT2D eigenvalue weighted by Crippen LogP contribution is 2.41. The predicted octanol–water partition coefficient (Wildman–Crippen LogP) is 6.64. The lowest BCUT2D eigenvalue weighted by Gasteiger charge is -2.33. The lowest BCUT2D eigenvalue weighted by atomic mass is 9.77. The summed E-state index contributed by atoms with van der Waals surface area (Å²) in [5, 5.41) is 14.5. The number of para-hydroxylation sites is 1. The predicted molar refractivity (Wildman–Crippen MR) is 125 cm³/mol. The maximum absolute atomic E-state index is 10.3. The van der Waals surface area contributed by atoms with Crippen LogP contribution in [0.25, 0.3) is 10.2 Å². The Morgan fingerprint density at radius 2 is 1.81 bits per heavy atom. The molecule has 1 fully saturated rings. The van der Waals surface area contributed by atoms with E-state index < -0.39 is 5.60 Å². The van der Waals surface area contributed by atoms with Crippen molar-refractivity contribution in [3.63, 3.8) is 0 Å². The normalized spacial score (nSPS) is 21.2. The standard InChI is InChI=1S/C25H25N3O2S/c1-25(29)14-12-17(13-15-25)20-5-4-16-26-23(20)30-19-10-8-18(9-11-19)27-24-28-21-6-2-3-7-22(21)31-24/h2-11,16-17,29H,12-15H2,1H3,(H,27,28)/t17-,25+. The minimum absolute atomic E-state index is 0.365. The lowest BCUT2D eigenvalue weighted by Crippen LogP contribution is -2.29. The van der Waals surface area contributed by atoms with Gasteiger partial charge in [-0.05, 0) is 81.0 Å². The van der Waals surface area contributed by atoms with Gasteiger partial charge in [0.05, 0.1) is 15.8 Å². The van der Waals surface area contributed by atoms with Crippen LogP contribution in [0.5, 0.6) is 11.6 Å². The number of aromatic nitrogens is 2. The molecule has 0 spiro atoms. The quantitative estimate of drug-likeness (QED) is 0.371. The molecule has 0 atom stereocenters. The number of pyridine rings is 1. The maximum Gasteiger partial charge on any atom is 0.222 e. The van der Waals surface area contributed by atoms with Crippen LogP contribution in [0.1, 0.15) is 44.1 Å². The molecule has 2 heterocycles. The summed E-state index contributed by atoms with van der Waals surface area (Å²) in [4.78, 5) is 9.11. The van der Waals surface area contributed by atoms with Gasteiger partial charge in [-0.15, -0.1) is 0 Å². The van der Waals surface area contributed by atoms with Crippen molar-refractivity contribution in [1.82, 2.24) is 9.97 Å². The molecule has 2 aromatic carbocycles. The number of benzene rings is 2. The van der Waals surface area contributed by atoms with E-state index in [2.05, 4.69) is 27.4 Å². The van der Waals surface area contributed by atoms with Crippen molar-refractivity contribution in [2.24, 2.45) is 0 Å². The SMILES string of the molecule is C[C@]1(O)CC[C@@H](c2cccnc2Oc2ccc(Nc3nc4ccccc4s3)cc2)CC1. The largest absolute Gasteiger partial charge is 0.439 e. The Morgan fingerprint density at radius 3 is 2.58 bits per heavy atom. The minimum atomic E-state index is -0.550. The Kier molecular flexibility index (Phi) is 5.34. The monoisotopic (exact) mass is 431 g/mol. The van der Waals surface area contributed by atoms with Crippen molar-refractivity contribution in [1.29, 1.82) is 0 Å². The second kappa shape index (κ2) is 8.29. The number of thiazole rings is 1. The average molecular weight is 432 g/mol. The number of aliphatic hydroxyl groups is 1. The molecule has 0 radical (unpaired) electrons. The van der Waals surface area contributed by atoms with E-state index in [0.29, 0.717) is 11.8 Å². The highest BCUT2D eigenvalue weighted by molar-refractivity contribution is 7.22. The zero-order valence-corrected chi connectivity index (χ0v) is 18.2. The number of hydrogen-bond donors (Lipinski definition) is 2. The van der Waals surface area contributed by atoms with Crippen LogP contribution < -0.4 is 10.1 Å². The van der Waals surface area contributed by atoms with Crippen molar-refractivity contribution in [3.05, 3.63) is 72.4 Å². The fourth-order valence-corrected chi connectivity index (χ4v) is 5.00. The fourth-order valence-electron chi connectivity index (χ4n) is 4.12. The van der Waals surface area contributed by atoms with Crippen LogP contribution in [0.2, 0.25) is 0 Å². The van der Waals surface area contributed by atoms with Gasteiger partial charge in [-0.25, -0.2) is 9.97 Å². The van der Waals surface area contributed by atoms with Crippen molar-refractivity contribution in [2.75, 3.05) is 5.32 Å². The van der Waals surface area contributed by atoms with Gasteiger partial charge in [-0.1, -0.05) is 29.5 Å². The minimum Gasteiger partial charge on any atom is -0.439 e. The lowest BCUT2D eigenvalue weighted by molar-refractivity contribution is 0.0169. The molecule has 31 heavy (non-hydrogen) atoms. The zero-order valence-electron chi connectivity index (χ0n) is 17.4. The summed E-state index contributed by atoms with van der Waals surface area (Å²) in [7, 11) is 0. The van der Waals surface area contributed by atoms with E-state index in [0.717, 1.165) is 58.0 Å². The topological polar surface area (TPSA) is 67.3 Å². The molecule has 5 rings (SSSR count). The molecule has 5 nitrogen and oxygen atoms in total. The van der Waals surface area contributed by atoms with Crippen LogP contribution in [0, 0.1) is 0 Å². The smallest absolute Gasteiger partial charge is 0.222 e. The van der Waals surface area contributed by atoms with E-state index in [1.54, 1.807) is 17.5 Å². The molecular formula is C25H25N3O2S. The molecule has 0 unspecified atom stereocenters. The number of nitrogens with zero attached hydrogens (tertiary/aromatic N) is 2. The molecule has 6 heteroatoms. The fraction of sp³-hybridized carbons (Fsp3) is 0.280. The molecule has 1 aliphatic carbocycles. The Bertz CT molecular complexity index is 1140. The summed E-state index contributed by atoms with van der Waals surface area (Å²) in [5.41, 5.74) is 2.53. The van der Waals surface area contributed by atoms with Crippen LogP contribution >= 0.6 is 11.3 Å². The third kappa shape index (κ3) is 4.55. The molecular weight excluding hydrogens is 406 g/mol. The highest BCUT2D eigenvalue weighted by Gasteiger charge is 2.31. The van der Waals surface area contributed by atoms with Gasteiger partial charge in [-0.2, -0.15) is 0 Å². The van der Waals surface area contributed by atoms with Gasteiger partial charge < -0.3 is 15.2 Å². The molecule has 4 aromatic rings. The highest BCUT2D eigenvalue weighted by atomic mass is 32.1. The van der Waals surface area contributed by atoms with E-state index in [4.69, 9.17) is 4.74 Å². The Balaban J connectivity index is 1.29. The summed E-state index contributed by atoms with van der Waals surface area (Å²) >= 11 is 1.64. The van der Waals surface area contributed by atoms with Crippen molar-refractivity contribution in [2.45, 2.75) is 44.1 Å². The van der Waals surface area contributed by atoms with Gasteiger partial charge >= 0.3 is 0 Å². The van der Waals surface area contributed by atoms with Gasteiger partial charge in [0.15, 0.2) is 5.13 Å². The van der Waals surface area contributed by atoms with Crippen molar-refractivity contribution < 1.29 is 9.84 Å².